The molecule has 0 bridgehead atoms. The number of hydrogen-bond acceptors (Lipinski definition) is 2. The van der Waals surface area contributed by atoms with Gasteiger partial charge in [-0.2, -0.15) is 0 Å². The molecular weight excluding hydrogens is 248 g/mol. The topological polar surface area (TPSA) is 20.2 Å². The van der Waals surface area contributed by atoms with E-state index in [1.807, 2.05) is 12.1 Å². The van der Waals surface area contributed by atoms with Gasteiger partial charge in [-0.25, -0.2) is 0 Å². The Balaban J connectivity index is 3.03. The zero-order valence-electron chi connectivity index (χ0n) is 7.75. The van der Waals surface area contributed by atoms with Crippen molar-refractivity contribution in [3.05, 3.63) is 28.2 Å². The molecule has 1 unspecified atom stereocenters. The Morgan fingerprint density at radius 1 is 1.54 bits per heavy atom. The Bertz CT molecular complexity index is 286. The lowest BCUT2D eigenvalue weighted by Crippen LogP contribution is -1.93. The molecule has 0 amide bonds. The van der Waals surface area contributed by atoms with Crippen LogP contribution in [0.4, 0.5) is 0 Å². The molecule has 0 spiro atoms. The van der Waals surface area contributed by atoms with Gasteiger partial charge in [-0.3, -0.25) is 0 Å². The van der Waals surface area contributed by atoms with E-state index in [1.54, 1.807) is 18.7 Å². The molecule has 0 aliphatic carbocycles. The first-order chi connectivity index (χ1) is 6.15. The van der Waals surface area contributed by atoms with Crippen LogP contribution in [0.5, 0.6) is 0 Å². The average molecular weight is 261 g/mol. The normalized spacial score (nSPS) is 12.9. The molecule has 1 aromatic carbocycles. The maximum absolute atomic E-state index is 9.49. The lowest BCUT2D eigenvalue weighted by Gasteiger charge is -2.10. The maximum atomic E-state index is 9.49. The van der Waals surface area contributed by atoms with E-state index in [1.165, 1.54) is 0 Å². The molecule has 0 saturated carbocycles. The molecule has 13 heavy (non-hydrogen) atoms. The van der Waals surface area contributed by atoms with Gasteiger partial charge in [0.1, 0.15) is 0 Å². The Hall–Kier alpha value is 0.01000. The molecule has 1 nitrogen and oxygen atoms in total. The molecule has 0 aromatic heterocycles. The molecule has 72 valence electrons. The SMILES string of the molecule is CCSc1cc(Br)ccc1C(C)O. The lowest BCUT2D eigenvalue weighted by atomic mass is 10.1. The van der Waals surface area contributed by atoms with Crippen molar-refractivity contribution in [2.24, 2.45) is 0 Å². The van der Waals surface area contributed by atoms with Gasteiger partial charge in [-0.05, 0) is 30.4 Å². The summed E-state index contributed by atoms with van der Waals surface area (Å²) in [6.45, 7) is 3.90. The molecule has 1 N–H and O–H groups in total. The minimum atomic E-state index is -0.387. The fourth-order valence-corrected chi connectivity index (χ4v) is 2.57. The number of benzene rings is 1. The fraction of sp³-hybridized carbons (Fsp3) is 0.400. The Labute approximate surface area is 91.7 Å². The van der Waals surface area contributed by atoms with E-state index < -0.39 is 0 Å². The number of aliphatic hydroxyl groups is 1. The Kier molecular flexibility index (Phi) is 4.29. The van der Waals surface area contributed by atoms with Crippen LogP contribution in [-0.4, -0.2) is 10.9 Å². The summed E-state index contributed by atoms with van der Waals surface area (Å²) in [5.41, 5.74) is 1.01. The van der Waals surface area contributed by atoms with Crippen molar-refractivity contribution in [3.63, 3.8) is 0 Å². The van der Waals surface area contributed by atoms with Crippen molar-refractivity contribution < 1.29 is 5.11 Å². The first-order valence-corrected chi connectivity index (χ1v) is 6.03. The summed E-state index contributed by atoms with van der Waals surface area (Å²) in [4.78, 5) is 1.16. The molecule has 0 saturated heterocycles. The quantitative estimate of drug-likeness (QED) is 0.839. The molecule has 0 heterocycles. The molecule has 3 heteroatoms. The number of halogens is 1. The first-order valence-electron chi connectivity index (χ1n) is 4.25. The van der Waals surface area contributed by atoms with Gasteiger partial charge in [0.2, 0.25) is 0 Å². The largest absolute Gasteiger partial charge is 0.389 e. The van der Waals surface area contributed by atoms with Crippen molar-refractivity contribution in [2.75, 3.05) is 5.75 Å². The van der Waals surface area contributed by atoms with Crippen molar-refractivity contribution in [1.29, 1.82) is 0 Å². The number of rotatable bonds is 3. The molecule has 0 fully saturated rings. The van der Waals surface area contributed by atoms with E-state index in [-0.39, 0.29) is 6.10 Å². The molecular formula is C10H13BrOS. The number of aliphatic hydroxyl groups excluding tert-OH is 1. The van der Waals surface area contributed by atoms with Crippen molar-refractivity contribution in [3.8, 4) is 0 Å². The number of thioether (sulfide) groups is 1. The van der Waals surface area contributed by atoms with E-state index in [4.69, 9.17) is 0 Å². The highest BCUT2D eigenvalue weighted by Crippen LogP contribution is 2.30. The average Bonchev–Trinajstić information content (AvgIpc) is 2.04. The molecule has 1 rings (SSSR count). The predicted molar refractivity (Wildman–Crippen MR) is 61.2 cm³/mol. The lowest BCUT2D eigenvalue weighted by molar-refractivity contribution is 0.196. The minimum Gasteiger partial charge on any atom is -0.389 e. The molecule has 0 radical (unpaired) electrons. The smallest absolute Gasteiger partial charge is 0.0772 e. The van der Waals surface area contributed by atoms with Gasteiger partial charge >= 0.3 is 0 Å². The van der Waals surface area contributed by atoms with Crippen molar-refractivity contribution in [2.45, 2.75) is 24.8 Å². The maximum Gasteiger partial charge on any atom is 0.0772 e. The standard InChI is InChI=1S/C10H13BrOS/c1-3-13-10-6-8(11)4-5-9(10)7(2)12/h4-7,12H,3H2,1-2H3. The van der Waals surface area contributed by atoms with Crippen LogP contribution in [0.1, 0.15) is 25.5 Å². The second-order valence-electron chi connectivity index (χ2n) is 2.79. The highest BCUT2D eigenvalue weighted by Gasteiger charge is 2.07. The summed E-state index contributed by atoms with van der Waals surface area (Å²) in [5, 5.41) is 9.49. The minimum absolute atomic E-state index is 0.387. The van der Waals surface area contributed by atoms with Crippen LogP contribution in [0.3, 0.4) is 0 Å². The van der Waals surface area contributed by atoms with E-state index in [0.717, 1.165) is 20.7 Å². The van der Waals surface area contributed by atoms with Crippen LogP contribution in [0.15, 0.2) is 27.6 Å². The second kappa shape index (κ2) is 5.03. The van der Waals surface area contributed by atoms with E-state index in [9.17, 15) is 5.11 Å². The van der Waals surface area contributed by atoms with Gasteiger partial charge in [-0.15, -0.1) is 11.8 Å². The third-order valence-electron chi connectivity index (χ3n) is 1.73. The van der Waals surface area contributed by atoms with Crippen LogP contribution in [0, 0.1) is 0 Å². The van der Waals surface area contributed by atoms with Gasteiger partial charge in [0.05, 0.1) is 6.10 Å². The van der Waals surface area contributed by atoms with Crippen LogP contribution in [0.25, 0.3) is 0 Å². The van der Waals surface area contributed by atoms with Crippen LogP contribution in [0.2, 0.25) is 0 Å². The molecule has 1 atom stereocenters. The summed E-state index contributed by atoms with van der Waals surface area (Å²) >= 11 is 5.17. The Morgan fingerprint density at radius 2 is 2.23 bits per heavy atom. The third-order valence-corrected chi connectivity index (χ3v) is 3.17. The summed E-state index contributed by atoms with van der Waals surface area (Å²) in [7, 11) is 0. The van der Waals surface area contributed by atoms with Gasteiger partial charge in [0, 0.05) is 9.37 Å². The zero-order chi connectivity index (χ0) is 9.84. The van der Waals surface area contributed by atoms with Gasteiger partial charge in [-0.1, -0.05) is 28.9 Å². The van der Waals surface area contributed by atoms with Crippen molar-refractivity contribution >= 4 is 27.7 Å². The van der Waals surface area contributed by atoms with Gasteiger partial charge in [0.15, 0.2) is 0 Å². The highest BCUT2D eigenvalue weighted by atomic mass is 79.9. The fourth-order valence-electron chi connectivity index (χ4n) is 1.13. The van der Waals surface area contributed by atoms with Crippen molar-refractivity contribution in [1.82, 2.24) is 0 Å². The second-order valence-corrected chi connectivity index (χ2v) is 5.01. The van der Waals surface area contributed by atoms with Gasteiger partial charge in [0.25, 0.3) is 0 Å². The van der Waals surface area contributed by atoms with E-state index in [2.05, 4.69) is 28.9 Å². The predicted octanol–water partition coefficient (Wildman–Crippen LogP) is 3.61. The zero-order valence-corrected chi connectivity index (χ0v) is 10.2. The molecule has 0 aliphatic rings. The monoisotopic (exact) mass is 260 g/mol. The van der Waals surface area contributed by atoms with Crippen LogP contribution < -0.4 is 0 Å². The molecule has 1 aromatic rings. The van der Waals surface area contributed by atoms with E-state index in [0.29, 0.717) is 0 Å². The number of hydrogen-bond donors (Lipinski definition) is 1. The summed E-state index contributed by atoms with van der Waals surface area (Å²) in [5.74, 6) is 1.02. The Morgan fingerprint density at radius 3 is 2.77 bits per heavy atom. The summed E-state index contributed by atoms with van der Waals surface area (Å²) < 4.78 is 1.06. The summed E-state index contributed by atoms with van der Waals surface area (Å²) in [6.07, 6.45) is -0.387. The van der Waals surface area contributed by atoms with Crippen LogP contribution in [-0.2, 0) is 0 Å². The van der Waals surface area contributed by atoms with Gasteiger partial charge < -0.3 is 5.11 Å². The van der Waals surface area contributed by atoms with Crippen LogP contribution >= 0.6 is 27.7 Å². The third kappa shape index (κ3) is 3.01. The highest BCUT2D eigenvalue weighted by molar-refractivity contribution is 9.10. The summed E-state index contributed by atoms with van der Waals surface area (Å²) in [6, 6.07) is 5.98. The first kappa shape index (κ1) is 11.1. The van der Waals surface area contributed by atoms with E-state index >= 15 is 0 Å². The molecule has 0 aliphatic heterocycles.